The molecule has 0 saturated carbocycles. The number of benzene rings is 1. The zero-order valence-electron chi connectivity index (χ0n) is 11.4. The van der Waals surface area contributed by atoms with Crippen LogP contribution >= 0.6 is 0 Å². The van der Waals surface area contributed by atoms with E-state index >= 15 is 0 Å². The maximum Gasteiger partial charge on any atom is 0.238 e. The molecule has 1 fully saturated rings. The molecule has 0 radical (unpaired) electrons. The maximum atomic E-state index is 12.8. The van der Waals surface area contributed by atoms with E-state index in [0.29, 0.717) is 18.3 Å². The number of nitrogens with one attached hydrogen (secondary N) is 1. The summed E-state index contributed by atoms with van der Waals surface area (Å²) in [5, 5.41) is 2.81. The summed E-state index contributed by atoms with van der Waals surface area (Å²) in [6.07, 6.45) is 4.69. The highest BCUT2D eigenvalue weighted by atomic mass is 19.1. The normalized spacial score (nSPS) is 20.2. The lowest BCUT2D eigenvalue weighted by atomic mass is 10.00. The van der Waals surface area contributed by atoms with Gasteiger partial charge >= 0.3 is 0 Å². The van der Waals surface area contributed by atoms with E-state index in [2.05, 4.69) is 17.1 Å². The molecule has 1 atom stereocenters. The van der Waals surface area contributed by atoms with Crippen LogP contribution in [0.5, 0.6) is 0 Å². The van der Waals surface area contributed by atoms with Crippen LogP contribution in [0.3, 0.4) is 0 Å². The van der Waals surface area contributed by atoms with Crippen LogP contribution < -0.4 is 5.32 Å². The summed E-state index contributed by atoms with van der Waals surface area (Å²) < 4.78 is 12.8. The lowest BCUT2D eigenvalue weighted by molar-refractivity contribution is -0.118. The Bertz CT molecular complexity index is 419. The van der Waals surface area contributed by atoms with Gasteiger partial charge in [-0.2, -0.15) is 0 Å². The third kappa shape index (κ3) is 4.03. The lowest BCUT2D eigenvalue weighted by Crippen LogP contribution is -2.43. The van der Waals surface area contributed by atoms with Crippen molar-refractivity contribution >= 4 is 11.6 Å². The molecule has 1 heterocycles. The first-order valence-electron chi connectivity index (χ1n) is 6.98. The number of rotatable bonds is 4. The number of hydrogen-bond acceptors (Lipinski definition) is 2. The number of hydrogen-bond donors (Lipinski definition) is 1. The van der Waals surface area contributed by atoms with Crippen LogP contribution in [0.25, 0.3) is 0 Å². The minimum Gasteiger partial charge on any atom is -0.325 e. The number of carbonyl (C=O) groups excluding carboxylic acids is 1. The van der Waals surface area contributed by atoms with Gasteiger partial charge in [-0.05, 0) is 50.1 Å². The van der Waals surface area contributed by atoms with Gasteiger partial charge in [0.1, 0.15) is 5.82 Å². The average molecular weight is 264 g/mol. The average Bonchev–Trinajstić information content (AvgIpc) is 2.42. The summed E-state index contributed by atoms with van der Waals surface area (Å²) in [6, 6.07) is 6.39. The standard InChI is InChI=1S/C15H21FN2O/c1-2-14-5-3-4-10-18(14)11-15(19)17-13-8-6-12(16)7-9-13/h6-9,14H,2-5,10-11H2,1H3,(H,17,19). The van der Waals surface area contributed by atoms with Gasteiger partial charge in [0.25, 0.3) is 0 Å². The molecule has 0 aliphatic carbocycles. The van der Waals surface area contributed by atoms with Crippen LogP contribution in [-0.2, 0) is 4.79 Å². The van der Waals surface area contributed by atoms with Crippen molar-refractivity contribution in [3.63, 3.8) is 0 Å². The molecule has 104 valence electrons. The molecule has 1 aliphatic rings. The topological polar surface area (TPSA) is 32.3 Å². The van der Waals surface area contributed by atoms with Gasteiger partial charge in [-0.25, -0.2) is 4.39 Å². The number of piperidine rings is 1. The van der Waals surface area contributed by atoms with Gasteiger partial charge in [0.05, 0.1) is 6.54 Å². The van der Waals surface area contributed by atoms with Gasteiger partial charge in [0.15, 0.2) is 0 Å². The highest BCUT2D eigenvalue weighted by molar-refractivity contribution is 5.92. The van der Waals surface area contributed by atoms with Gasteiger partial charge < -0.3 is 5.32 Å². The summed E-state index contributed by atoms with van der Waals surface area (Å²) >= 11 is 0. The summed E-state index contributed by atoms with van der Waals surface area (Å²) in [7, 11) is 0. The molecule has 0 aromatic heterocycles. The quantitative estimate of drug-likeness (QED) is 0.906. The second-order valence-corrected chi connectivity index (χ2v) is 5.08. The molecule has 19 heavy (non-hydrogen) atoms. The molecule has 0 spiro atoms. The zero-order valence-corrected chi connectivity index (χ0v) is 11.4. The number of halogens is 1. The molecule has 0 bridgehead atoms. The summed E-state index contributed by atoms with van der Waals surface area (Å²) in [5.41, 5.74) is 0.649. The van der Waals surface area contributed by atoms with Crippen molar-refractivity contribution in [1.82, 2.24) is 4.90 Å². The number of likely N-dealkylation sites (tertiary alicyclic amines) is 1. The van der Waals surface area contributed by atoms with E-state index in [4.69, 9.17) is 0 Å². The van der Waals surface area contributed by atoms with E-state index in [1.807, 2.05) is 0 Å². The smallest absolute Gasteiger partial charge is 0.238 e. The summed E-state index contributed by atoms with van der Waals surface area (Å²) in [6.45, 7) is 3.59. The van der Waals surface area contributed by atoms with Crippen LogP contribution in [0, 0.1) is 5.82 Å². The third-order valence-electron chi connectivity index (χ3n) is 3.69. The van der Waals surface area contributed by atoms with Gasteiger partial charge in [-0.1, -0.05) is 13.3 Å². The van der Waals surface area contributed by atoms with Crippen molar-refractivity contribution in [2.75, 3.05) is 18.4 Å². The van der Waals surface area contributed by atoms with Gasteiger partial charge in [0.2, 0.25) is 5.91 Å². The van der Waals surface area contributed by atoms with Crippen LogP contribution in [0.4, 0.5) is 10.1 Å². The first-order chi connectivity index (χ1) is 9.19. The fourth-order valence-corrected chi connectivity index (χ4v) is 2.65. The number of amides is 1. The Balaban J connectivity index is 1.88. The van der Waals surface area contributed by atoms with E-state index in [9.17, 15) is 9.18 Å². The number of carbonyl (C=O) groups is 1. The molecule has 4 heteroatoms. The van der Waals surface area contributed by atoms with Crippen LogP contribution in [0.2, 0.25) is 0 Å². The van der Waals surface area contributed by atoms with Crippen molar-refractivity contribution in [3.8, 4) is 0 Å². The van der Waals surface area contributed by atoms with Crippen molar-refractivity contribution in [3.05, 3.63) is 30.1 Å². The Morgan fingerprint density at radius 1 is 1.37 bits per heavy atom. The van der Waals surface area contributed by atoms with Crippen molar-refractivity contribution in [2.45, 2.75) is 38.6 Å². The molecular formula is C15H21FN2O. The largest absolute Gasteiger partial charge is 0.325 e. The summed E-state index contributed by atoms with van der Waals surface area (Å²) in [4.78, 5) is 14.2. The van der Waals surface area contributed by atoms with E-state index in [1.165, 1.54) is 31.4 Å². The zero-order chi connectivity index (χ0) is 13.7. The molecule has 2 rings (SSSR count). The Hall–Kier alpha value is -1.42. The molecule has 1 N–H and O–H groups in total. The predicted octanol–water partition coefficient (Wildman–Crippen LogP) is 3.03. The first kappa shape index (κ1) is 14.0. The second-order valence-electron chi connectivity index (χ2n) is 5.08. The monoisotopic (exact) mass is 264 g/mol. The Morgan fingerprint density at radius 3 is 2.79 bits per heavy atom. The van der Waals surface area contributed by atoms with E-state index in [1.54, 1.807) is 12.1 Å². The molecule has 1 aliphatic heterocycles. The maximum absolute atomic E-state index is 12.8. The lowest BCUT2D eigenvalue weighted by Gasteiger charge is -2.34. The molecule has 3 nitrogen and oxygen atoms in total. The fourth-order valence-electron chi connectivity index (χ4n) is 2.65. The first-order valence-corrected chi connectivity index (χ1v) is 6.98. The number of anilines is 1. The van der Waals surface area contributed by atoms with E-state index in [0.717, 1.165) is 13.0 Å². The predicted molar refractivity (Wildman–Crippen MR) is 74.5 cm³/mol. The van der Waals surface area contributed by atoms with Crippen molar-refractivity contribution < 1.29 is 9.18 Å². The Kier molecular flexibility index (Phi) is 4.91. The number of nitrogens with zero attached hydrogens (tertiary/aromatic N) is 1. The van der Waals surface area contributed by atoms with Gasteiger partial charge in [-0.3, -0.25) is 9.69 Å². The van der Waals surface area contributed by atoms with Crippen molar-refractivity contribution in [1.29, 1.82) is 0 Å². The third-order valence-corrected chi connectivity index (χ3v) is 3.69. The molecule has 1 aromatic rings. The Morgan fingerprint density at radius 2 is 2.11 bits per heavy atom. The molecule has 1 amide bonds. The SMILES string of the molecule is CCC1CCCCN1CC(=O)Nc1ccc(F)cc1. The highest BCUT2D eigenvalue weighted by Gasteiger charge is 2.22. The highest BCUT2D eigenvalue weighted by Crippen LogP contribution is 2.19. The van der Waals surface area contributed by atoms with Crippen LogP contribution in [0.15, 0.2) is 24.3 Å². The van der Waals surface area contributed by atoms with Gasteiger partial charge in [0, 0.05) is 11.7 Å². The minimum absolute atomic E-state index is 0.0213. The summed E-state index contributed by atoms with van der Waals surface area (Å²) in [5.74, 6) is -0.313. The van der Waals surface area contributed by atoms with E-state index in [-0.39, 0.29) is 11.7 Å². The fraction of sp³-hybridized carbons (Fsp3) is 0.533. The molecule has 1 saturated heterocycles. The van der Waals surface area contributed by atoms with Crippen LogP contribution in [-0.4, -0.2) is 29.9 Å². The molecule has 1 aromatic carbocycles. The molecule has 1 unspecified atom stereocenters. The Labute approximate surface area is 113 Å². The van der Waals surface area contributed by atoms with Gasteiger partial charge in [-0.15, -0.1) is 0 Å². The molecular weight excluding hydrogens is 243 g/mol. The van der Waals surface area contributed by atoms with Crippen molar-refractivity contribution in [2.24, 2.45) is 0 Å². The minimum atomic E-state index is -0.292. The van der Waals surface area contributed by atoms with E-state index < -0.39 is 0 Å². The van der Waals surface area contributed by atoms with Crippen LogP contribution in [0.1, 0.15) is 32.6 Å². The second kappa shape index (κ2) is 6.66.